The highest BCUT2D eigenvalue weighted by molar-refractivity contribution is 5.80. The van der Waals surface area contributed by atoms with Crippen LogP contribution in [0.25, 0.3) is 0 Å². The summed E-state index contributed by atoms with van der Waals surface area (Å²) in [4.78, 5) is 0. The molecule has 5 nitrogen and oxygen atoms in total. The number of aromatic nitrogens is 3. The molecule has 0 aliphatic heterocycles. The van der Waals surface area contributed by atoms with E-state index in [2.05, 4.69) is 15.3 Å². The Morgan fingerprint density at radius 2 is 1.81 bits per heavy atom. The van der Waals surface area contributed by atoms with Crippen molar-refractivity contribution in [2.24, 2.45) is 5.10 Å². The van der Waals surface area contributed by atoms with E-state index in [1.807, 2.05) is 54.6 Å². The topological polar surface area (TPSA) is 52.3 Å². The first kappa shape index (κ1) is 13.1. The zero-order valence-corrected chi connectivity index (χ0v) is 11.3. The molecule has 0 bridgehead atoms. The van der Waals surface area contributed by atoms with Crippen molar-refractivity contribution in [3.63, 3.8) is 0 Å². The minimum Gasteiger partial charge on any atom is -0.489 e. The SMILES string of the molecule is C(=Nn1cnnc1)c1cccc(OCc2ccccc2)c1. The minimum atomic E-state index is 0.548. The van der Waals surface area contributed by atoms with Crippen molar-refractivity contribution >= 4 is 6.21 Å². The average Bonchev–Trinajstić information content (AvgIpc) is 3.06. The molecule has 0 saturated heterocycles. The van der Waals surface area contributed by atoms with Crippen LogP contribution < -0.4 is 4.74 Å². The van der Waals surface area contributed by atoms with Gasteiger partial charge in [-0.15, -0.1) is 10.2 Å². The van der Waals surface area contributed by atoms with Gasteiger partial charge in [0.2, 0.25) is 0 Å². The number of ether oxygens (including phenoxy) is 1. The Morgan fingerprint density at radius 3 is 2.62 bits per heavy atom. The standard InChI is InChI=1S/C16H14N4O/c1-2-5-14(6-3-1)11-21-16-8-4-7-15(9-16)10-19-20-12-17-18-13-20/h1-10,12-13H,11H2. The van der Waals surface area contributed by atoms with Gasteiger partial charge >= 0.3 is 0 Å². The lowest BCUT2D eigenvalue weighted by Gasteiger charge is -2.06. The molecule has 0 spiro atoms. The van der Waals surface area contributed by atoms with Crippen LogP contribution in [-0.4, -0.2) is 21.1 Å². The van der Waals surface area contributed by atoms with Crippen LogP contribution in [0.4, 0.5) is 0 Å². The van der Waals surface area contributed by atoms with Gasteiger partial charge < -0.3 is 4.74 Å². The molecule has 104 valence electrons. The number of hydrogen-bond acceptors (Lipinski definition) is 4. The van der Waals surface area contributed by atoms with Crippen LogP contribution in [0.2, 0.25) is 0 Å². The summed E-state index contributed by atoms with van der Waals surface area (Å²) in [7, 11) is 0. The lowest BCUT2D eigenvalue weighted by molar-refractivity contribution is 0.306. The molecule has 21 heavy (non-hydrogen) atoms. The van der Waals surface area contributed by atoms with Crippen molar-refractivity contribution < 1.29 is 4.74 Å². The average molecular weight is 278 g/mol. The summed E-state index contributed by atoms with van der Waals surface area (Å²) in [5.74, 6) is 0.812. The quantitative estimate of drug-likeness (QED) is 0.674. The zero-order valence-electron chi connectivity index (χ0n) is 11.3. The Hall–Kier alpha value is -2.95. The fourth-order valence-corrected chi connectivity index (χ4v) is 1.81. The Bertz CT molecular complexity index is 708. The Balaban J connectivity index is 1.66. The minimum absolute atomic E-state index is 0.548. The predicted octanol–water partition coefficient (Wildman–Crippen LogP) is 2.74. The Kier molecular flexibility index (Phi) is 4.02. The molecule has 2 aromatic carbocycles. The first-order valence-corrected chi connectivity index (χ1v) is 6.56. The van der Waals surface area contributed by atoms with E-state index < -0.39 is 0 Å². The lowest BCUT2D eigenvalue weighted by Crippen LogP contribution is -1.95. The maximum absolute atomic E-state index is 5.78. The van der Waals surface area contributed by atoms with Gasteiger partial charge in [-0.3, -0.25) is 0 Å². The summed E-state index contributed by atoms with van der Waals surface area (Å²) < 4.78 is 7.32. The van der Waals surface area contributed by atoms with Crippen LogP contribution in [-0.2, 0) is 6.61 Å². The first-order valence-electron chi connectivity index (χ1n) is 6.56. The van der Waals surface area contributed by atoms with E-state index in [9.17, 15) is 0 Å². The van der Waals surface area contributed by atoms with Crippen LogP contribution in [0.5, 0.6) is 5.75 Å². The molecule has 5 heteroatoms. The van der Waals surface area contributed by atoms with Crippen LogP contribution in [0, 0.1) is 0 Å². The fourth-order valence-electron chi connectivity index (χ4n) is 1.81. The van der Waals surface area contributed by atoms with E-state index in [0.29, 0.717) is 6.61 Å². The molecule has 0 amide bonds. The molecule has 0 radical (unpaired) electrons. The van der Waals surface area contributed by atoms with Gasteiger partial charge in [0.15, 0.2) is 0 Å². The Labute approximate surface area is 122 Å². The van der Waals surface area contributed by atoms with Gasteiger partial charge in [0.1, 0.15) is 25.0 Å². The smallest absolute Gasteiger partial charge is 0.141 e. The maximum Gasteiger partial charge on any atom is 0.141 e. The van der Waals surface area contributed by atoms with Gasteiger partial charge in [-0.25, -0.2) is 4.68 Å². The molecule has 0 fully saturated rings. The third kappa shape index (κ3) is 3.76. The van der Waals surface area contributed by atoms with E-state index in [4.69, 9.17) is 4.74 Å². The second kappa shape index (κ2) is 6.47. The summed E-state index contributed by atoms with van der Waals surface area (Å²) in [5, 5.41) is 11.6. The lowest BCUT2D eigenvalue weighted by atomic mass is 10.2. The van der Waals surface area contributed by atoms with E-state index in [1.54, 1.807) is 6.21 Å². The summed E-state index contributed by atoms with van der Waals surface area (Å²) in [6, 6.07) is 17.8. The van der Waals surface area contributed by atoms with Crippen LogP contribution >= 0.6 is 0 Å². The highest BCUT2D eigenvalue weighted by atomic mass is 16.5. The highest BCUT2D eigenvalue weighted by Crippen LogP contribution is 2.14. The van der Waals surface area contributed by atoms with Crippen molar-refractivity contribution in [3.05, 3.63) is 78.4 Å². The summed E-state index contributed by atoms with van der Waals surface area (Å²) in [6.07, 6.45) is 4.80. The fraction of sp³-hybridized carbons (Fsp3) is 0.0625. The molecular formula is C16H14N4O. The van der Waals surface area contributed by atoms with E-state index in [-0.39, 0.29) is 0 Å². The zero-order chi connectivity index (χ0) is 14.3. The van der Waals surface area contributed by atoms with E-state index >= 15 is 0 Å². The number of rotatable bonds is 5. The molecule has 0 unspecified atom stereocenters. The molecule has 0 saturated carbocycles. The van der Waals surface area contributed by atoms with Crippen molar-refractivity contribution in [1.82, 2.24) is 14.9 Å². The molecule has 0 aliphatic carbocycles. The third-order valence-corrected chi connectivity index (χ3v) is 2.85. The van der Waals surface area contributed by atoms with Gasteiger partial charge in [0, 0.05) is 0 Å². The van der Waals surface area contributed by atoms with Gasteiger partial charge in [0.05, 0.1) is 6.21 Å². The number of benzene rings is 2. The normalized spacial score (nSPS) is 10.9. The van der Waals surface area contributed by atoms with Gasteiger partial charge in [-0.1, -0.05) is 42.5 Å². The molecule has 0 N–H and O–H groups in total. The molecule has 3 aromatic rings. The molecule has 1 heterocycles. The van der Waals surface area contributed by atoms with Crippen molar-refractivity contribution in [3.8, 4) is 5.75 Å². The van der Waals surface area contributed by atoms with Crippen molar-refractivity contribution in [2.75, 3.05) is 0 Å². The largest absolute Gasteiger partial charge is 0.489 e. The van der Waals surface area contributed by atoms with Gasteiger partial charge in [-0.05, 0) is 23.3 Å². The van der Waals surface area contributed by atoms with E-state index in [0.717, 1.165) is 16.9 Å². The summed E-state index contributed by atoms with van der Waals surface area (Å²) in [5.41, 5.74) is 2.09. The molecular weight excluding hydrogens is 264 g/mol. The molecule has 0 atom stereocenters. The predicted molar refractivity (Wildman–Crippen MR) is 80.2 cm³/mol. The summed E-state index contributed by atoms with van der Waals surface area (Å²) in [6.45, 7) is 0.548. The molecule has 1 aromatic heterocycles. The monoisotopic (exact) mass is 278 g/mol. The highest BCUT2D eigenvalue weighted by Gasteiger charge is 1.97. The van der Waals surface area contributed by atoms with E-state index in [1.165, 1.54) is 17.3 Å². The number of nitrogens with zero attached hydrogens (tertiary/aromatic N) is 4. The van der Waals surface area contributed by atoms with Crippen LogP contribution in [0.1, 0.15) is 11.1 Å². The van der Waals surface area contributed by atoms with Crippen molar-refractivity contribution in [2.45, 2.75) is 6.61 Å². The van der Waals surface area contributed by atoms with Gasteiger partial charge in [-0.2, -0.15) is 5.10 Å². The molecule has 3 rings (SSSR count). The summed E-state index contributed by atoms with van der Waals surface area (Å²) >= 11 is 0. The third-order valence-electron chi connectivity index (χ3n) is 2.85. The van der Waals surface area contributed by atoms with Crippen LogP contribution in [0.3, 0.4) is 0 Å². The number of hydrogen-bond donors (Lipinski definition) is 0. The first-order chi connectivity index (χ1) is 10.4. The second-order valence-electron chi connectivity index (χ2n) is 4.43. The van der Waals surface area contributed by atoms with Gasteiger partial charge in [0.25, 0.3) is 0 Å². The van der Waals surface area contributed by atoms with Crippen molar-refractivity contribution in [1.29, 1.82) is 0 Å². The second-order valence-corrected chi connectivity index (χ2v) is 4.43. The maximum atomic E-state index is 5.78. The Morgan fingerprint density at radius 1 is 1.00 bits per heavy atom. The van der Waals surface area contributed by atoms with Crippen LogP contribution in [0.15, 0.2) is 72.4 Å². The molecule has 0 aliphatic rings.